The third-order valence-corrected chi connectivity index (χ3v) is 5.10. The number of ether oxygens (including phenoxy) is 1. The maximum Gasteiger partial charge on any atom is 0.191 e. The minimum absolute atomic E-state index is 0. The van der Waals surface area contributed by atoms with Gasteiger partial charge in [-0.25, -0.2) is 0 Å². The summed E-state index contributed by atoms with van der Waals surface area (Å²) in [6, 6.07) is 0. The van der Waals surface area contributed by atoms with Gasteiger partial charge in [0.2, 0.25) is 0 Å². The van der Waals surface area contributed by atoms with Crippen molar-refractivity contribution < 1.29 is 4.74 Å². The molecule has 2 N–H and O–H groups in total. The largest absolute Gasteiger partial charge is 0.385 e. The van der Waals surface area contributed by atoms with E-state index in [2.05, 4.69) is 30.7 Å². The Morgan fingerprint density at radius 1 is 1.38 bits per heavy atom. The number of guanidine groups is 1. The molecule has 1 aliphatic carbocycles. The lowest BCUT2D eigenvalue weighted by atomic mass is 9.67. The molecule has 1 aliphatic rings. The summed E-state index contributed by atoms with van der Waals surface area (Å²) in [4.78, 5) is 4.80. The van der Waals surface area contributed by atoms with Gasteiger partial charge < -0.3 is 15.4 Å². The van der Waals surface area contributed by atoms with Crippen LogP contribution in [0.5, 0.6) is 0 Å². The second-order valence-corrected chi connectivity index (χ2v) is 6.99. The third-order valence-electron chi connectivity index (χ3n) is 4.13. The van der Waals surface area contributed by atoms with E-state index in [4.69, 9.17) is 9.73 Å². The number of nitrogens with one attached hydrogen (secondary N) is 2. The van der Waals surface area contributed by atoms with Gasteiger partial charge in [0.15, 0.2) is 5.96 Å². The highest BCUT2D eigenvalue weighted by molar-refractivity contribution is 14.0. The average Bonchev–Trinajstić information content (AvgIpc) is 2.42. The Morgan fingerprint density at radius 3 is 2.57 bits per heavy atom. The number of hydrogen-bond acceptors (Lipinski definition) is 3. The molecule has 0 radical (unpaired) electrons. The van der Waals surface area contributed by atoms with Crippen LogP contribution in [-0.4, -0.2) is 50.8 Å². The topological polar surface area (TPSA) is 45.7 Å². The number of rotatable bonds is 9. The molecule has 6 heteroatoms. The van der Waals surface area contributed by atoms with Crippen molar-refractivity contribution >= 4 is 41.7 Å². The summed E-state index contributed by atoms with van der Waals surface area (Å²) in [5.74, 6) is 0.956. The highest BCUT2D eigenvalue weighted by atomic mass is 127. The Balaban J connectivity index is 0.00000400. The normalized spacial score (nSPS) is 18.4. The van der Waals surface area contributed by atoms with Gasteiger partial charge in [-0.2, -0.15) is 11.8 Å². The summed E-state index contributed by atoms with van der Waals surface area (Å²) in [6.07, 6.45) is 7.20. The fourth-order valence-electron chi connectivity index (χ4n) is 2.39. The van der Waals surface area contributed by atoms with Gasteiger partial charge in [0.05, 0.1) is 0 Å². The smallest absolute Gasteiger partial charge is 0.191 e. The van der Waals surface area contributed by atoms with Crippen LogP contribution in [0.1, 0.15) is 39.5 Å². The van der Waals surface area contributed by atoms with Crippen molar-refractivity contribution in [3.05, 3.63) is 0 Å². The molecule has 0 aromatic carbocycles. The van der Waals surface area contributed by atoms with Gasteiger partial charge in [0.25, 0.3) is 0 Å². The van der Waals surface area contributed by atoms with Crippen molar-refractivity contribution in [1.29, 1.82) is 0 Å². The Morgan fingerprint density at radius 2 is 2.10 bits per heavy atom. The van der Waals surface area contributed by atoms with Gasteiger partial charge >= 0.3 is 0 Å². The van der Waals surface area contributed by atoms with Crippen LogP contribution in [0.2, 0.25) is 0 Å². The summed E-state index contributed by atoms with van der Waals surface area (Å²) in [6.45, 7) is 7.97. The number of hydrogen-bond donors (Lipinski definition) is 2. The van der Waals surface area contributed by atoms with Gasteiger partial charge in [-0.05, 0) is 37.9 Å². The molecule has 21 heavy (non-hydrogen) atoms. The monoisotopic (exact) mass is 429 g/mol. The highest BCUT2D eigenvalue weighted by Gasteiger charge is 2.36. The summed E-state index contributed by atoms with van der Waals surface area (Å²) < 4.78 is 5.24. The van der Waals surface area contributed by atoms with Crippen LogP contribution in [0.4, 0.5) is 0 Å². The molecule has 1 fully saturated rings. The number of aliphatic imine (C=N–C) groups is 1. The molecule has 1 saturated carbocycles. The summed E-state index contributed by atoms with van der Waals surface area (Å²) >= 11 is 1.87. The molecule has 0 aliphatic heterocycles. The number of methoxy groups -OCH3 is 1. The van der Waals surface area contributed by atoms with Crippen molar-refractivity contribution in [2.24, 2.45) is 10.4 Å². The Bertz CT molecular complexity index is 299. The van der Waals surface area contributed by atoms with Crippen LogP contribution in [0, 0.1) is 5.41 Å². The van der Waals surface area contributed by atoms with Crippen LogP contribution in [-0.2, 0) is 4.74 Å². The summed E-state index contributed by atoms with van der Waals surface area (Å²) in [5, 5.41) is 7.37. The van der Waals surface area contributed by atoms with E-state index in [9.17, 15) is 0 Å². The fourth-order valence-corrected chi connectivity index (χ4v) is 2.64. The quantitative estimate of drug-likeness (QED) is 0.336. The average molecular weight is 429 g/mol. The van der Waals surface area contributed by atoms with Crippen molar-refractivity contribution in [2.45, 2.75) is 44.8 Å². The molecule has 1 unspecified atom stereocenters. The molecule has 126 valence electrons. The highest BCUT2D eigenvalue weighted by Crippen LogP contribution is 2.44. The van der Waals surface area contributed by atoms with E-state index in [1.54, 1.807) is 7.11 Å². The van der Waals surface area contributed by atoms with Crippen molar-refractivity contribution in [1.82, 2.24) is 10.6 Å². The molecule has 0 amide bonds. The first-order valence-corrected chi connectivity index (χ1v) is 8.98. The second-order valence-electron chi connectivity index (χ2n) is 5.72. The van der Waals surface area contributed by atoms with Gasteiger partial charge in [0, 0.05) is 38.6 Å². The van der Waals surface area contributed by atoms with Crippen molar-refractivity contribution in [3.63, 3.8) is 0 Å². The van der Waals surface area contributed by atoms with E-state index in [1.807, 2.05) is 11.8 Å². The molecule has 1 rings (SSSR count). The molecule has 4 nitrogen and oxygen atoms in total. The van der Waals surface area contributed by atoms with E-state index < -0.39 is 0 Å². The van der Waals surface area contributed by atoms with Gasteiger partial charge in [-0.3, -0.25) is 4.99 Å². The molecular formula is C15H32IN3OS. The van der Waals surface area contributed by atoms with Gasteiger partial charge in [-0.15, -0.1) is 24.0 Å². The van der Waals surface area contributed by atoms with E-state index in [0.29, 0.717) is 10.7 Å². The predicted octanol–water partition coefficient (Wildman–Crippen LogP) is 3.12. The van der Waals surface area contributed by atoms with E-state index in [-0.39, 0.29) is 24.0 Å². The van der Waals surface area contributed by atoms with Crippen LogP contribution >= 0.6 is 35.7 Å². The molecule has 0 aromatic rings. The molecule has 0 bridgehead atoms. The zero-order valence-electron chi connectivity index (χ0n) is 13.9. The van der Waals surface area contributed by atoms with Crippen LogP contribution in [0.3, 0.4) is 0 Å². The fraction of sp³-hybridized carbons (Fsp3) is 0.933. The van der Waals surface area contributed by atoms with Gasteiger partial charge in [0.1, 0.15) is 0 Å². The summed E-state index contributed by atoms with van der Waals surface area (Å²) in [7, 11) is 1.78. The lowest BCUT2D eigenvalue weighted by molar-refractivity contribution is 0.0778. The van der Waals surface area contributed by atoms with Crippen molar-refractivity contribution in [3.8, 4) is 0 Å². The first-order valence-electron chi connectivity index (χ1n) is 7.69. The van der Waals surface area contributed by atoms with E-state index in [0.717, 1.165) is 38.6 Å². The zero-order valence-corrected chi connectivity index (χ0v) is 17.1. The molecule has 0 aromatic heterocycles. The van der Waals surface area contributed by atoms with E-state index in [1.165, 1.54) is 19.3 Å². The SMILES string of the molecule is CCNC(=NCC1(CCOC)CCC1)NCC(C)SC.I. The molecule has 0 spiro atoms. The number of halogens is 1. The maximum absolute atomic E-state index is 5.24. The Hall–Kier alpha value is 0.310. The molecule has 0 heterocycles. The minimum atomic E-state index is 0. The number of thioether (sulfide) groups is 1. The maximum atomic E-state index is 5.24. The minimum Gasteiger partial charge on any atom is -0.385 e. The van der Waals surface area contributed by atoms with Crippen LogP contribution in [0.15, 0.2) is 4.99 Å². The predicted molar refractivity (Wildman–Crippen MR) is 105 cm³/mol. The zero-order chi connectivity index (χ0) is 14.8. The van der Waals surface area contributed by atoms with Crippen LogP contribution in [0.25, 0.3) is 0 Å². The standard InChI is InChI=1S/C15H31N3OS.HI/c1-5-16-14(17-11-13(2)20-4)18-12-15(7-6-8-15)9-10-19-3;/h13H,5-12H2,1-4H3,(H2,16,17,18);1H. The third kappa shape index (κ3) is 7.93. The van der Waals surface area contributed by atoms with E-state index >= 15 is 0 Å². The van der Waals surface area contributed by atoms with Crippen LogP contribution < -0.4 is 10.6 Å². The number of nitrogens with zero attached hydrogens (tertiary/aromatic N) is 1. The Kier molecular flexibility index (Phi) is 12.0. The molecule has 1 atom stereocenters. The first kappa shape index (κ1) is 21.3. The summed E-state index contributed by atoms with van der Waals surface area (Å²) in [5.41, 5.74) is 0.392. The van der Waals surface area contributed by atoms with Gasteiger partial charge in [-0.1, -0.05) is 13.3 Å². The molecular weight excluding hydrogens is 397 g/mol. The second kappa shape index (κ2) is 11.8. The first-order chi connectivity index (χ1) is 9.65. The lowest BCUT2D eigenvalue weighted by Gasteiger charge is -2.40. The lowest BCUT2D eigenvalue weighted by Crippen LogP contribution is -2.42. The molecule has 0 saturated heterocycles. The Labute approximate surface area is 151 Å². The van der Waals surface area contributed by atoms with Crippen molar-refractivity contribution in [2.75, 3.05) is 39.6 Å².